The van der Waals surface area contributed by atoms with Crippen LogP contribution in [0.3, 0.4) is 0 Å². The third-order valence-electron chi connectivity index (χ3n) is 4.14. The van der Waals surface area contributed by atoms with Crippen LogP contribution in [-0.4, -0.2) is 54.8 Å². The van der Waals surface area contributed by atoms with E-state index in [1.165, 1.54) is 6.07 Å². The Labute approximate surface area is 127 Å². The van der Waals surface area contributed by atoms with Crippen LogP contribution in [0.25, 0.3) is 0 Å². The number of amides is 1. The molecule has 0 unspecified atom stereocenters. The molecule has 5 nitrogen and oxygen atoms in total. The van der Waals surface area contributed by atoms with E-state index in [9.17, 15) is 9.90 Å². The first-order valence-electron chi connectivity index (χ1n) is 7.59. The van der Waals surface area contributed by atoms with Crippen LogP contribution in [0.1, 0.15) is 20.8 Å². The first-order valence-corrected chi connectivity index (χ1v) is 7.59. The van der Waals surface area contributed by atoms with Gasteiger partial charge in [0.1, 0.15) is 0 Å². The van der Waals surface area contributed by atoms with Crippen LogP contribution < -0.4 is 10.1 Å². The van der Waals surface area contributed by atoms with Gasteiger partial charge in [-0.15, -0.1) is 0 Å². The van der Waals surface area contributed by atoms with Crippen molar-refractivity contribution in [2.45, 2.75) is 20.8 Å². The molecule has 0 spiro atoms. The second-order valence-corrected chi connectivity index (χ2v) is 5.12. The molecule has 0 aliphatic heterocycles. The molecule has 21 heavy (non-hydrogen) atoms. The van der Waals surface area contributed by atoms with Crippen LogP contribution in [0.4, 0.5) is 0 Å². The molecule has 1 aromatic rings. The number of benzene rings is 1. The molecule has 0 bridgehead atoms. The van der Waals surface area contributed by atoms with Gasteiger partial charge in [0, 0.05) is 0 Å². The fourth-order valence-electron chi connectivity index (χ4n) is 2.35. The number of likely N-dealkylation sites (N-methyl/N-ethyl adjacent to an activating group) is 1. The highest BCUT2D eigenvalue weighted by molar-refractivity contribution is 5.77. The topological polar surface area (TPSA) is 58.6 Å². The maximum absolute atomic E-state index is 11.8. The molecule has 0 saturated carbocycles. The molecule has 0 heterocycles. The van der Waals surface area contributed by atoms with E-state index in [0.717, 1.165) is 30.7 Å². The van der Waals surface area contributed by atoms with Gasteiger partial charge >= 0.3 is 0 Å². The molecule has 0 atom stereocenters. The van der Waals surface area contributed by atoms with Gasteiger partial charge in [0.15, 0.2) is 18.1 Å². The minimum absolute atomic E-state index is 0.0453. The highest BCUT2D eigenvalue weighted by Gasteiger charge is 2.20. The van der Waals surface area contributed by atoms with Crippen molar-refractivity contribution >= 4 is 5.91 Å². The Balaban J connectivity index is 2.33. The van der Waals surface area contributed by atoms with Crippen LogP contribution in [0, 0.1) is 0 Å². The van der Waals surface area contributed by atoms with Crippen molar-refractivity contribution < 1.29 is 19.1 Å². The fraction of sp³-hybridized carbons (Fsp3) is 0.562. The molecular formula is C16H27N2O3+. The first kappa shape index (κ1) is 17.3. The molecule has 1 amide bonds. The third-order valence-corrected chi connectivity index (χ3v) is 4.14. The Morgan fingerprint density at radius 2 is 1.81 bits per heavy atom. The second-order valence-electron chi connectivity index (χ2n) is 5.12. The van der Waals surface area contributed by atoms with Gasteiger partial charge < -0.3 is 19.6 Å². The Morgan fingerprint density at radius 3 is 2.38 bits per heavy atom. The molecule has 0 aromatic heterocycles. The molecule has 0 aliphatic carbocycles. The second kappa shape index (κ2) is 8.52. The van der Waals surface area contributed by atoms with Crippen LogP contribution in [0.5, 0.6) is 11.5 Å². The first-order chi connectivity index (χ1) is 10.1. The quantitative estimate of drug-likeness (QED) is 0.683. The zero-order valence-corrected chi connectivity index (χ0v) is 13.3. The fourth-order valence-corrected chi connectivity index (χ4v) is 2.35. The minimum atomic E-state index is -0.167. The summed E-state index contributed by atoms with van der Waals surface area (Å²) in [6.07, 6.45) is 0. The lowest BCUT2D eigenvalue weighted by atomic mass is 10.3. The van der Waals surface area contributed by atoms with E-state index in [1.807, 2.05) is 0 Å². The maximum atomic E-state index is 11.8. The predicted molar refractivity (Wildman–Crippen MR) is 83.4 cm³/mol. The minimum Gasteiger partial charge on any atom is -0.504 e. The number of hydrogen-bond acceptors (Lipinski definition) is 3. The van der Waals surface area contributed by atoms with Crippen molar-refractivity contribution in [1.82, 2.24) is 5.32 Å². The maximum Gasteiger partial charge on any atom is 0.258 e. The van der Waals surface area contributed by atoms with E-state index < -0.39 is 0 Å². The number of rotatable bonds is 9. The number of carbonyl (C=O) groups is 1. The molecule has 5 heteroatoms. The number of carbonyl (C=O) groups excluding carboxylic acids is 1. The molecule has 0 aliphatic rings. The van der Waals surface area contributed by atoms with Crippen LogP contribution in [-0.2, 0) is 4.79 Å². The summed E-state index contributed by atoms with van der Waals surface area (Å²) in [5.74, 6) is 0.206. The van der Waals surface area contributed by atoms with Gasteiger partial charge in [0.2, 0.25) is 0 Å². The number of hydrogen-bond donors (Lipinski definition) is 2. The van der Waals surface area contributed by atoms with Gasteiger partial charge in [0.05, 0.1) is 32.7 Å². The Hall–Kier alpha value is -1.75. The molecular weight excluding hydrogens is 268 g/mol. The van der Waals surface area contributed by atoms with Crippen molar-refractivity contribution in [3.8, 4) is 11.5 Å². The lowest BCUT2D eigenvalue weighted by molar-refractivity contribution is -0.922. The molecule has 0 fully saturated rings. The SMILES string of the molecule is CC[N+](CC)(CC)CCNC(=O)COc1ccccc1O. The number of nitrogens with one attached hydrogen (secondary N) is 1. The van der Waals surface area contributed by atoms with Crippen molar-refractivity contribution in [1.29, 1.82) is 0 Å². The van der Waals surface area contributed by atoms with E-state index in [0.29, 0.717) is 12.3 Å². The molecule has 0 saturated heterocycles. The van der Waals surface area contributed by atoms with Crippen molar-refractivity contribution in [3.63, 3.8) is 0 Å². The van der Waals surface area contributed by atoms with Crippen LogP contribution >= 0.6 is 0 Å². The van der Waals surface area contributed by atoms with Gasteiger partial charge in [-0.2, -0.15) is 0 Å². The molecule has 1 aromatic carbocycles. The number of phenolic OH excluding ortho intramolecular Hbond substituents is 1. The molecule has 2 N–H and O–H groups in total. The predicted octanol–water partition coefficient (Wildman–Crippen LogP) is 1.76. The van der Waals surface area contributed by atoms with Gasteiger partial charge in [-0.25, -0.2) is 0 Å². The van der Waals surface area contributed by atoms with Gasteiger partial charge in [-0.3, -0.25) is 4.79 Å². The van der Waals surface area contributed by atoms with Crippen LogP contribution in [0.15, 0.2) is 24.3 Å². The molecule has 1 rings (SSSR count). The standard InChI is InChI=1S/C16H26N2O3/c1-4-18(5-2,6-3)12-11-17-16(20)13-21-15-10-8-7-9-14(15)19/h7-10H,4-6,11-13H2,1-3H3,(H-,17,19,20)/p+1. The summed E-state index contributed by atoms with van der Waals surface area (Å²) in [5, 5.41) is 12.4. The highest BCUT2D eigenvalue weighted by atomic mass is 16.5. The smallest absolute Gasteiger partial charge is 0.258 e. The number of aromatic hydroxyl groups is 1. The summed E-state index contributed by atoms with van der Waals surface area (Å²) >= 11 is 0. The summed E-state index contributed by atoms with van der Waals surface area (Å²) < 4.78 is 6.29. The molecule has 0 radical (unpaired) electrons. The average molecular weight is 295 g/mol. The Kier molecular flexibility index (Phi) is 7.02. The summed E-state index contributed by atoms with van der Waals surface area (Å²) in [4.78, 5) is 11.8. The summed E-state index contributed by atoms with van der Waals surface area (Å²) in [7, 11) is 0. The largest absolute Gasteiger partial charge is 0.504 e. The Morgan fingerprint density at radius 1 is 1.19 bits per heavy atom. The lowest BCUT2D eigenvalue weighted by Gasteiger charge is -2.35. The monoisotopic (exact) mass is 295 g/mol. The normalized spacial score (nSPS) is 11.2. The van der Waals surface area contributed by atoms with Crippen molar-refractivity contribution in [2.24, 2.45) is 0 Å². The Bertz CT molecular complexity index is 437. The summed E-state index contributed by atoms with van der Waals surface area (Å²) in [6.45, 7) is 11.2. The van der Waals surface area contributed by atoms with Crippen LogP contribution in [0.2, 0.25) is 0 Å². The summed E-state index contributed by atoms with van der Waals surface area (Å²) in [5.41, 5.74) is 0. The zero-order valence-electron chi connectivity index (χ0n) is 13.3. The number of quaternary nitrogens is 1. The van der Waals surface area contributed by atoms with Gasteiger partial charge in [-0.1, -0.05) is 12.1 Å². The number of phenols is 1. The number of nitrogens with zero attached hydrogens (tertiary/aromatic N) is 1. The third kappa shape index (κ3) is 5.27. The molecule has 118 valence electrons. The van der Waals surface area contributed by atoms with E-state index in [1.54, 1.807) is 18.2 Å². The summed E-state index contributed by atoms with van der Waals surface area (Å²) in [6, 6.07) is 6.63. The van der Waals surface area contributed by atoms with E-state index >= 15 is 0 Å². The van der Waals surface area contributed by atoms with E-state index in [-0.39, 0.29) is 18.3 Å². The average Bonchev–Trinajstić information content (AvgIpc) is 2.51. The zero-order chi connectivity index (χ0) is 15.7. The number of ether oxygens (including phenoxy) is 1. The van der Waals surface area contributed by atoms with Crippen molar-refractivity contribution in [3.05, 3.63) is 24.3 Å². The van der Waals surface area contributed by atoms with E-state index in [4.69, 9.17) is 4.74 Å². The highest BCUT2D eigenvalue weighted by Crippen LogP contribution is 2.23. The van der Waals surface area contributed by atoms with E-state index in [2.05, 4.69) is 26.1 Å². The van der Waals surface area contributed by atoms with Gasteiger partial charge in [0.25, 0.3) is 5.91 Å². The van der Waals surface area contributed by atoms with Gasteiger partial charge in [-0.05, 0) is 32.9 Å². The lowest BCUT2D eigenvalue weighted by Crippen LogP contribution is -2.51. The van der Waals surface area contributed by atoms with Crippen molar-refractivity contribution in [2.75, 3.05) is 39.3 Å². The number of para-hydroxylation sites is 2.